The van der Waals surface area contributed by atoms with Gasteiger partial charge in [-0.25, -0.2) is 4.39 Å². The molecule has 0 aliphatic heterocycles. The van der Waals surface area contributed by atoms with Crippen molar-refractivity contribution in [3.8, 4) is 0 Å². The van der Waals surface area contributed by atoms with E-state index >= 15 is 0 Å². The monoisotopic (exact) mass is 223 g/mol. The zero-order valence-corrected chi connectivity index (χ0v) is 9.78. The fourth-order valence-electron chi connectivity index (χ4n) is 2.58. The van der Waals surface area contributed by atoms with Crippen LogP contribution in [0.1, 0.15) is 38.7 Å². The van der Waals surface area contributed by atoms with Crippen LogP contribution in [-0.4, -0.2) is 10.1 Å². The topological polar surface area (TPSA) is 33.1 Å². The largest absolute Gasteiger partial charge is 0.385 e. The summed E-state index contributed by atoms with van der Waals surface area (Å²) in [4.78, 5) is 3.72. The van der Waals surface area contributed by atoms with Crippen molar-refractivity contribution < 1.29 is 9.50 Å². The van der Waals surface area contributed by atoms with E-state index in [1.807, 2.05) is 0 Å². The van der Waals surface area contributed by atoms with Crippen molar-refractivity contribution in [1.29, 1.82) is 0 Å². The van der Waals surface area contributed by atoms with Crippen LogP contribution >= 0.6 is 0 Å². The van der Waals surface area contributed by atoms with Crippen LogP contribution < -0.4 is 0 Å². The van der Waals surface area contributed by atoms with Gasteiger partial charge >= 0.3 is 0 Å². The average Bonchev–Trinajstić information content (AvgIpc) is 2.25. The molecular weight excluding hydrogens is 205 g/mol. The molecule has 1 heterocycles. The first kappa shape index (κ1) is 11.5. The van der Waals surface area contributed by atoms with Crippen LogP contribution in [0.3, 0.4) is 0 Å². The van der Waals surface area contributed by atoms with Gasteiger partial charge in [0.05, 0.1) is 11.8 Å². The quantitative estimate of drug-likeness (QED) is 0.794. The third-order valence-corrected chi connectivity index (χ3v) is 3.92. The maximum Gasteiger partial charge on any atom is 0.147 e. The lowest BCUT2D eigenvalue weighted by Gasteiger charge is -2.39. The summed E-state index contributed by atoms with van der Waals surface area (Å²) in [5.41, 5.74) is -0.597. The second kappa shape index (κ2) is 4.13. The van der Waals surface area contributed by atoms with Gasteiger partial charge < -0.3 is 5.11 Å². The molecule has 1 aliphatic carbocycles. The van der Waals surface area contributed by atoms with Crippen molar-refractivity contribution in [3.05, 3.63) is 29.8 Å². The molecule has 0 bridgehead atoms. The van der Waals surface area contributed by atoms with Crippen LogP contribution in [0.2, 0.25) is 0 Å². The smallest absolute Gasteiger partial charge is 0.147 e. The molecule has 2 nitrogen and oxygen atoms in total. The Morgan fingerprint density at radius 3 is 2.81 bits per heavy atom. The number of halogens is 1. The van der Waals surface area contributed by atoms with E-state index in [9.17, 15) is 9.50 Å². The van der Waals surface area contributed by atoms with E-state index in [0.717, 1.165) is 6.42 Å². The lowest BCUT2D eigenvalue weighted by atomic mass is 9.70. The molecule has 2 rings (SSSR count). The number of hydrogen-bond acceptors (Lipinski definition) is 2. The number of rotatable bonds is 1. The van der Waals surface area contributed by atoms with Gasteiger partial charge in [-0.15, -0.1) is 0 Å². The summed E-state index contributed by atoms with van der Waals surface area (Å²) in [7, 11) is 0. The fourth-order valence-corrected chi connectivity index (χ4v) is 2.58. The standard InChI is InChI=1S/C13H18FNO/c1-9-3-5-13(16,7-10(9)2)11-4-6-15-8-12(11)14/h4,6,8-10,16H,3,5,7H2,1-2H3. The van der Waals surface area contributed by atoms with Crippen molar-refractivity contribution in [2.75, 3.05) is 0 Å². The molecule has 1 aliphatic rings. The Balaban J connectivity index is 2.29. The van der Waals surface area contributed by atoms with Crippen molar-refractivity contribution in [3.63, 3.8) is 0 Å². The minimum absolute atomic E-state index is 0.397. The van der Waals surface area contributed by atoms with Crippen LogP contribution in [-0.2, 0) is 5.60 Å². The summed E-state index contributed by atoms with van der Waals surface area (Å²) in [6.07, 6.45) is 4.93. The van der Waals surface area contributed by atoms with Crippen LogP contribution in [0.4, 0.5) is 4.39 Å². The summed E-state index contributed by atoms with van der Waals surface area (Å²) >= 11 is 0. The van der Waals surface area contributed by atoms with Gasteiger partial charge in [-0.3, -0.25) is 4.98 Å². The van der Waals surface area contributed by atoms with E-state index in [-0.39, 0.29) is 0 Å². The summed E-state index contributed by atoms with van der Waals surface area (Å²) in [6.45, 7) is 4.31. The Kier molecular flexibility index (Phi) is 2.98. The van der Waals surface area contributed by atoms with Crippen LogP contribution in [0.25, 0.3) is 0 Å². The highest BCUT2D eigenvalue weighted by atomic mass is 19.1. The summed E-state index contributed by atoms with van der Waals surface area (Å²) in [5.74, 6) is 0.628. The lowest BCUT2D eigenvalue weighted by Crippen LogP contribution is -2.36. The Bertz CT molecular complexity index is 382. The summed E-state index contributed by atoms with van der Waals surface area (Å²) in [6, 6.07) is 1.60. The van der Waals surface area contributed by atoms with E-state index in [2.05, 4.69) is 18.8 Å². The second-order valence-electron chi connectivity index (χ2n) is 5.08. The Hall–Kier alpha value is -0.960. The molecule has 1 aromatic heterocycles. The Labute approximate surface area is 95.5 Å². The van der Waals surface area contributed by atoms with Crippen LogP contribution in [0, 0.1) is 17.7 Å². The maximum atomic E-state index is 13.6. The molecule has 1 fully saturated rings. The molecule has 0 spiro atoms. The van der Waals surface area contributed by atoms with E-state index in [4.69, 9.17) is 0 Å². The van der Waals surface area contributed by atoms with Crippen molar-refractivity contribution in [2.45, 2.75) is 38.7 Å². The van der Waals surface area contributed by atoms with Crippen LogP contribution in [0.5, 0.6) is 0 Å². The molecule has 0 amide bonds. The molecule has 3 unspecified atom stereocenters. The van der Waals surface area contributed by atoms with Crippen LogP contribution in [0.15, 0.2) is 18.5 Å². The second-order valence-corrected chi connectivity index (χ2v) is 5.08. The van der Waals surface area contributed by atoms with E-state index < -0.39 is 11.4 Å². The molecule has 1 N–H and O–H groups in total. The van der Waals surface area contributed by atoms with Gasteiger partial charge in [0, 0.05) is 11.8 Å². The van der Waals surface area contributed by atoms with Gasteiger partial charge in [0.15, 0.2) is 0 Å². The molecule has 1 saturated carbocycles. The molecule has 16 heavy (non-hydrogen) atoms. The maximum absolute atomic E-state index is 13.6. The molecule has 0 aromatic carbocycles. The zero-order valence-electron chi connectivity index (χ0n) is 9.78. The highest BCUT2D eigenvalue weighted by Gasteiger charge is 2.38. The Morgan fingerprint density at radius 1 is 1.44 bits per heavy atom. The number of nitrogens with zero attached hydrogens (tertiary/aromatic N) is 1. The predicted octanol–water partition coefficient (Wildman–Crippen LogP) is 2.86. The zero-order chi connectivity index (χ0) is 11.8. The summed E-state index contributed by atoms with van der Waals surface area (Å²) < 4.78 is 13.6. The molecule has 0 saturated heterocycles. The molecule has 3 heteroatoms. The van der Waals surface area contributed by atoms with E-state index in [1.165, 1.54) is 6.20 Å². The minimum Gasteiger partial charge on any atom is -0.385 e. The molecule has 1 aromatic rings. The number of pyridine rings is 1. The molecule has 3 atom stereocenters. The SMILES string of the molecule is CC1CCC(O)(c2ccncc2F)CC1C. The molecule has 0 radical (unpaired) electrons. The Morgan fingerprint density at radius 2 is 2.19 bits per heavy atom. The third-order valence-electron chi connectivity index (χ3n) is 3.92. The van der Waals surface area contributed by atoms with Gasteiger partial charge in [0.25, 0.3) is 0 Å². The highest BCUT2D eigenvalue weighted by Crippen LogP contribution is 2.42. The molecule has 88 valence electrons. The first-order chi connectivity index (χ1) is 7.53. The number of hydrogen-bond donors (Lipinski definition) is 1. The van der Waals surface area contributed by atoms with Gasteiger partial charge in [-0.05, 0) is 37.2 Å². The fraction of sp³-hybridized carbons (Fsp3) is 0.615. The third kappa shape index (κ3) is 1.96. The van der Waals surface area contributed by atoms with Gasteiger partial charge in [0.2, 0.25) is 0 Å². The van der Waals surface area contributed by atoms with Crippen molar-refractivity contribution in [1.82, 2.24) is 4.98 Å². The van der Waals surface area contributed by atoms with Crippen molar-refractivity contribution in [2.24, 2.45) is 11.8 Å². The number of aliphatic hydroxyl groups is 1. The van der Waals surface area contributed by atoms with Gasteiger partial charge in [0.1, 0.15) is 5.82 Å². The normalized spacial score (nSPS) is 35.0. The number of aromatic nitrogens is 1. The van der Waals surface area contributed by atoms with Gasteiger partial charge in [-0.2, -0.15) is 0 Å². The minimum atomic E-state index is -1.00. The van der Waals surface area contributed by atoms with Gasteiger partial charge in [-0.1, -0.05) is 13.8 Å². The first-order valence-electron chi connectivity index (χ1n) is 5.85. The highest BCUT2D eigenvalue weighted by molar-refractivity contribution is 5.22. The van der Waals surface area contributed by atoms with E-state index in [1.54, 1.807) is 12.3 Å². The first-order valence-corrected chi connectivity index (χ1v) is 5.85. The summed E-state index contributed by atoms with van der Waals surface area (Å²) in [5, 5.41) is 10.5. The molecular formula is C13H18FNO. The van der Waals surface area contributed by atoms with E-state index in [0.29, 0.717) is 30.2 Å². The predicted molar refractivity (Wildman–Crippen MR) is 60.3 cm³/mol. The average molecular weight is 223 g/mol. The lowest BCUT2D eigenvalue weighted by molar-refractivity contribution is -0.0362. The van der Waals surface area contributed by atoms with Crippen molar-refractivity contribution >= 4 is 0 Å².